The van der Waals surface area contributed by atoms with E-state index < -0.39 is 0 Å². The molecule has 0 fully saturated rings. The van der Waals surface area contributed by atoms with Crippen LogP contribution in [0.3, 0.4) is 0 Å². The Morgan fingerprint density at radius 1 is 1.11 bits per heavy atom. The van der Waals surface area contributed by atoms with Gasteiger partial charge in [-0.2, -0.15) is 0 Å². The van der Waals surface area contributed by atoms with E-state index in [1.54, 1.807) is 12.1 Å². The molecule has 2 rings (SSSR count). The van der Waals surface area contributed by atoms with E-state index in [9.17, 15) is 0 Å². The molecular formula is C15H15Cl2NO. The van der Waals surface area contributed by atoms with E-state index in [-0.39, 0.29) is 0 Å². The van der Waals surface area contributed by atoms with Crippen LogP contribution in [-0.4, -0.2) is 0 Å². The van der Waals surface area contributed by atoms with E-state index in [1.165, 1.54) is 5.56 Å². The molecule has 0 aliphatic carbocycles. The predicted molar refractivity (Wildman–Crippen MR) is 79.9 cm³/mol. The molecule has 0 saturated heterocycles. The Balaban J connectivity index is 2.22. The molecule has 0 aliphatic heterocycles. The Kier molecular flexibility index (Phi) is 4.70. The zero-order valence-electron chi connectivity index (χ0n) is 10.6. The van der Waals surface area contributed by atoms with Gasteiger partial charge < -0.3 is 10.5 Å². The molecular weight excluding hydrogens is 281 g/mol. The fraction of sp³-hybridized carbons (Fsp3) is 0.200. The lowest BCUT2D eigenvalue weighted by Crippen LogP contribution is -2.04. The standard InChI is InChI=1S/C15H15Cl2NO/c1-10-4-2-3-5-11(10)9-19-15-12(8-18)6-13(16)7-14(15)17/h2-7H,8-9,18H2,1H3. The third-order valence-electron chi connectivity index (χ3n) is 2.94. The van der Waals surface area contributed by atoms with Crippen LogP contribution in [0.5, 0.6) is 5.75 Å². The van der Waals surface area contributed by atoms with Gasteiger partial charge in [0.15, 0.2) is 0 Å². The quantitative estimate of drug-likeness (QED) is 0.911. The van der Waals surface area contributed by atoms with Gasteiger partial charge in [-0.3, -0.25) is 0 Å². The highest BCUT2D eigenvalue weighted by Gasteiger charge is 2.10. The average molecular weight is 296 g/mol. The average Bonchev–Trinajstić information content (AvgIpc) is 2.38. The lowest BCUT2D eigenvalue weighted by Gasteiger charge is -2.14. The van der Waals surface area contributed by atoms with Crippen molar-refractivity contribution in [1.82, 2.24) is 0 Å². The number of aryl methyl sites for hydroxylation is 1. The van der Waals surface area contributed by atoms with Gasteiger partial charge in [-0.05, 0) is 30.2 Å². The number of ether oxygens (including phenoxy) is 1. The number of halogens is 2. The van der Waals surface area contributed by atoms with Crippen LogP contribution in [0.15, 0.2) is 36.4 Å². The number of hydrogen-bond acceptors (Lipinski definition) is 2. The van der Waals surface area contributed by atoms with Crippen LogP contribution in [-0.2, 0) is 13.2 Å². The predicted octanol–water partition coefficient (Wildman–Crippen LogP) is 4.34. The second-order valence-corrected chi connectivity index (χ2v) is 5.14. The summed E-state index contributed by atoms with van der Waals surface area (Å²) in [6.45, 7) is 2.84. The van der Waals surface area contributed by atoms with E-state index in [2.05, 4.69) is 0 Å². The van der Waals surface area contributed by atoms with Gasteiger partial charge in [-0.25, -0.2) is 0 Å². The summed E-state index contributed by atoms with van der Waals surface area (Å²) in [4.78, 5) is 0. The van der Waals surface area contributed by atoms with Gasteiger partial charge in [0, 0.05) is 17.1 Å². The van der Waals surface area contributed by atoms with Crippen molar-refractivity contribution in [3.63, 3.8) is 0 Å². The van der Waals surface area contributed by atoms with Crippen LogP contribution in [0.2, 0.25) is 10.0 Å². The first kappa shape index (κ1) is 14.2. The minimum atomic E-state index is 0.337. The summed E-state index contributed by atoms with van der Waals surface area (Å²) in [6.07, 6.45) is 0. The summed E-state index contributed by atoms with van der Waals surface area (Å²) in [5, 5.41) is 1.05. The molecule has 0 bridgehead atoms. The number of benzene rings is 2. The van der Waals surface area contributed by atoms with Crippen molar-refractivity contribution in [2.45, 2.75) is 20.1 Å². The first-order valence-electron chi connectivity index (χ1n) is 5.97. The maximum atomic E-state index is 6.15. The third-order valence-corrected chi connectivity index (χ3v) is 3.44. The van der Waals surface area contributed by atoms with Crippen molar-refractivity contribution < 1.29 is 4.74 Å². The highest BCUT2D eigenvalue weighted by molar-refractivity contribution is 6.35. The van der Waals surface area contributed by atoms with E-state index >= 15 is 0 Å². The molecule has 4 heteroatoms. The first-order valence-corrected chi connectivity index (χ1v) is 6.72. The zero-order valence-corrected chi connectivity index (χ0v) is 12.1. The van der Waals surface area contributed by atoms with Gasteiger partial charge in [0.05, 0.1) is 5.02 Å². The summed E-state index contributed by atoms with van der Waals surface area (Å²) >= 11 is 12.1. The lowest BCUT2D eigenvalue weighted by atomic mass is 10.1. The lowest BCUT2D eigenvalue weighted by molar-refractivity contribution is 0.302. The zero-order chi connectivity index (χ0) is 13.8. The number of nitrogens with two attached hydrogens (primary N) is 1. The summed E-state index contributed by atoms with van der Waals surface area (Å²) < 4.78 is 5.81. The van der Waals surface area contributed by atoms with Crippen LogP contribution < -0.4 is 10.5 Å². The molecule has 2 aromatic carbocycles. The monoisotopic (exact) mass is 295 g/mol. The van der Waals surface area contributed by atoms with Crippen molar-refractivity contribution in [3.8, 4) is 5.75 Å². The molecule has 2 nitrogen and oxygen atoms in total. The van der Waals surface area contributed by atoms with Crippen LogP contribution in [0.4, 0.5) is 0 Å². The third kappa shape index (κ3) is 3.41. The van der Waals surface area contributed by atoms with Crippen LogP contribution >= 0.6 is 23.2 Å². The molecule has 0 aliphatic rings. The second-order valence-electron chi connectivity index (χ2n) is 4.30. The molecule has 0 spiro atoms. The van der Waals surface area contributed by atoms with Crippen molar-refractivity contribution in [1.29, 1.82) is 0 Å². The number of hydrogen-bond donors (Lipinski definition) is 1. The Hall–Kier alpha value is -1.22. The molecule has 0 amide bonds. The smallest absolute Gasteiger partial charge is 0.142 e. The van der Waals surface area contributed by atoms with Gasteiger partial charge >= 0.3 is 0 Å². The van der Waals surface area contributed by atoms with Crippen LogP contribution in [0.1, 0.15) is 16.7 Å². The van der Waals surface area contributed by atoms with Gasteiger partial charge in [0.1, 0.15) is 12.4 Å². The Bertz CT molecular complexity index is 584. The van der Waals surface area contributed by atoms with Crippen molar-refractivity contribution in [2.24, 2.45) is 5.73 Å². The molecule has 0 atom stereocenters. The van der Waals surface area contributed by atoms with Crippen LogP contribution in [0, 0.1) is 6.92 Å². The van der Waals surface area contributed by atoms with Crippen molar-refractivity contribution in [3.05, 3.63) is 63.1 Å². The summed E-state index contributed by atoms with van der Waals surface area (Å²) in [7, 11) is 0. The molecule has 2 N–H and O–H groups in total. The molecule has 100 valence electrons. The van der Waals surface area contributed by atoms with Crippen LogP contribution in [0.25, 0.3) is 0 Å². The molecule has 0 radical (unpaired) electrons. The molecule has 0 saturated carbocycles. The summed E-state index contributed by atoms with van der Waals surface area (Å²) in [5.74, 6) is 0.608. The minimum absolute atomic E-state index is 0.337. The van der Waals surface area contributed by atoms with E-state index in [0.29, 0.717) is 28.9 Å². The normalized spacial score (nSPS) is 10.5. The first-order chi connectivity index (χ1) is 9.11. The van der Waals surface area contributed by atoms with Gasteiger partial charge in [0.2, 0.25) is 0 Å². The van der Waals surface area contributed by atoms with E-state index in [0.717, 1.165) is 11.1 Å². The van der Waals surface area contributed by atoms with Gasteiger partial charge in [-0.1, -0.05) is 47.5 Å². The molecule has 0 aromatic heterocycles. The largest absolute Gasteiger partial charge is 0.487 e. The SMILES string of the molecule is Cc1ccccc1COc1c(Cl)cc(Cl)cc1CN. The van der Waals surface area contributed by atoms with Gasteiger partial charge in [0.25, 0.3) is 0 Å². The molecule has 0 heterocycles. The fourth-order valence-electron chi connectivity index (χ4n) is 1.85. The van der Waals surface area contributed by atoms with E-state index in [4.69, 9.17) is 33.7 Å². The fourth-order valence-corrected chi connectivity index (χ4v) is 2.44. The summed E-state index contributed by atoms with van der Waals surface area (Å²) in [6, 6.07) is 11.5. The Labute approximate surface area is 123 Å². The van der Waals surface area contributed by atoms with Crippen molar-refractivity contribution >= 4 is 23.2 Å². The summed E-state index contributed by atoms with van der Waals surface area (Å²) in [5.41, 5.74) is 8.81. The highest BCUT2D eigenvalue weighted by atomic mass is 35.5. The molecule has 19 heavy (non-hydrogen) atoms. The highest BCUT2D eigenvalue weighted by Crippen LogP contribution is 2.32. The Morgan fingerprint density at radius 3 is 2.53 bits per heavy atom. The van der Waals surface area contributed by atoms with Gasteiger partial charge in [-0.15, -0.1) is 0 Å². The topological polar surface area (TPSA) is 35.2 Å². The maximum Gasteiger partial charge on any atom is 0.142 e. The minimum Gasteiger partial charge on any atom is -0.487 e. The maximum absolute atomic E-state index is 6.15. The molecule has 2 aromatic rings. The molecule has 0 unspecified atom stereocenters. The number of rotatable bonds is 4. The second kappa shape index (κ2) is 6.29. The van der Waals surface area contributed by atoms with E-state index in [1.807, 2.05) is 31.2 Å². The van der Waals surface area contributed by atoms with Crippen molar-refractivity contribution in [2.75, 3.05) is 0 Å². The Morgan fingerprint density at radius 2 is 1.84 bits per heavy atom.